The molecule has 38 heavy (non-hydrogen) atoms. The summed E-state index contributed by atoms with van der Waals surface area (Å²) in [7, 11) is 0.525. The number of benzene rings is 3. The van der Waals surface area contributed by atoms with Crippen molar-refractivity contribution in [1.29, 1.82) is 0 Å². The summed E-state index contributed by atoms with van der Waals surface area (Å²) in [5.41, 5.74) is 5.27. The van der Waals surface area contributed by atoms with E-state index in [1.807, 2.05) is 80.0 Å². The van der Waals surface area contributed by atoms with Gasteiger partial charge in [-0.1, -0.05) is 54.1 Å². The van der Waals surface area contributed by atoms with E-state index in [0.29, 0.717) is 21.6 Å². The molecule has 0 fully saturated rings. The maximum Gasteiger partial charge on any atom is 0.227 e. The summed E-state index contributed by atoms with van der Waals surface area (Å²) in [6.07, 6.45) is 4.37. The van der Waals surface area contributed by atoms with Crippen molar-refractivity contribution in [2.75, 3.05) is 18.9 Å². The first kappa shape index (κ1) is 24.4. The molecule has 3 heterocycles. The van der Waals surface area contributed by atoms with E-state index in [0.717, 1.165) is 46.0 Å². The van der Waals surface area contributed by atoms with Crippen molar-refractivity contribution in [1.82, 2.24) is 24.2 Å². The fourth-order valence-electron chi connectivity index (χ4n) is 4.53. The summed E-state index contributed by atoms with van der Waals surface area (Å²) < 4.78 is 15.2. The average molecular weight is 541 g/mol. The Hall–Kier alpha value is -3.98. The van der Waals surface area contributed by atoms with Crippen LogP contribution in [0.2, 0.25) is 5.02 Å². The van der Waals surface area contributed by atoms with Gasteiger partial charge in [0, 0.05) is 40.6 Å². The standard InChI is InChI=1S/C29H25ClN6OS/c1-31-14-13-21-15-19-11-12-20(16-26(19)33-21)34-29-32-17-25(30)28(35-29)24-18-36(27-10-6-5-9-23(24)27)38(37)22-7-3-2-4-8-22/h2-12,15-18,31,33H,13-14H2,1H3,(H,32,34,35). The number of fused-ring (bicyclic) bond motifs is 2. The Labute approximate surface area is 227 Å². The van der Waals surface area contributed by atoms with Gasteiger partial charge in [-0.3, -0.25) is 3.97 Å². The van der Waals surface area contributed by atoms with Crippen molar-refractivity contribution >= 4 is 56.0 Å². The maximum atomic E-state index is 13.5. The predicted octanol–water partition coefficient (Wildman–Crippen LogP) is 6.31. The molecule has 7 nitrogen and oxygen atoms in total. The van der Waals surface area contributed by atoms with Crippen LogP contribution in [0.15, 0.2) is 96.2 Å². The van der Waals surface area contributed by atoms with Crippen LogP contribution in [0.25, 0.3) is 33.1 Å². The van der Waals surface area contributed by atoms with Crippen molar-refractivity contribution in [2.45, 2.75) is 11.3 Å². The van der Waals surface area contributed by atoms with E-state index in [9.17, 15) is 4.21 Å². The van der Waals surface area contributed by atoms with E-state index in [2.05, 4.69) is 32.7 Å². The molecule has 3 aromatic heterocycles. The van der Waals surface area contributed by atoms with Crippen LogP contribution in [-0.4, -0.2) is 36.7 Å². The summed E-state index contributed by atoms with van der Waals surface area (Å²) >= 11 is 6.61. The van der Waals surface area contributed by atoms with E-state index in [1.165, 1.54) is 5.69 Å². The third-order valence-corrected chi connectivity index (χ3v) is 7.99. The molecule has 0 aliphatic heterocycles. The van der Waals surface area contributed by atoms with Crippen LogP contribution in [-0.2, 0) is 17.4 Å². The van der Waals surface area contributed by atoms with Crippen LogP contribution in [0.4, 0.5) is 11.6 Å². The molecule has 0 saturated heterocycles. The van der Waals surface area contributed by atoms with Crippen LogP contribution in [0.5, 0.6) is 0 Å². The van der Waals surface area contributed by atoms with Gasteiger partial charge in [0.15, 0.2) is 11.0 Å². The lowest BCUT2D eigenvalue weighted by atomic mass is 10.1. The number of H-pyrrole nitrogens is 1. The van der Waals surface area contributed by atoms with Crippen LogP contribution < -0.4 is 10.6 Å². The molecule has 6 rings (SSSR count). The van der Waals surface area contributed by atoms with Crippen molar-refractivity contribution in [3.05, 3.63) is 102 Å². The molecule has 0 aliphatic carbocycles. The highest BCUT2D eigenvalue weighted by Crippen LogP contribution is 2.35. The van der Waals surface area contributed by atoms with E-state index in [1.54, 1.807) is 10.2 Å². The quantitative estimate of drug-likeness (QED) is 0.210. The van der Waals surface area contributed by atoms with Gasteiger partial charge in [0.2, 0.25) is 5.95 Å². The van der Waals surface area contributed by atoms with Crippen molar-refractivity contribution < 1.29 is 4.21 Å². The Morgan fingerprint density at radius 2 is 1.84 bits per heavy atom. The zero-order chi connectivity index (χ0) is 26.1. The first-order valence-corrected chi connectivity index (χ1v) is 13.7. The molecule has 0 saturated carbocycles. The summed E-state index contributed by atoms with van der Waals surface area (Å²) in [4.78, 5) is 13.4. The van der Waals surface area contributed by atoms with E-state index in [4.69, 9.17) is 16.6 Å². The molecular formula is C29H25ClN6OS. The summed E-state index contributed by atoms with van der Waals surface area (Å²) in [5, 5.41) is 8.96. The highest BCUT2D eigenvalue weighted by molar-refractivity contribution is 7.83. The molecule has 190 valence electrons. The van der Waals surface area contributed by atoms with Gasteiger partial charge in [0.05, 0.1) is 27.3 Å². The number of likely N-dealkylation sites (N-methyl/N-ethyl adjacent to an activating group) is 1. The second-order valence-corrected chi connectivity index (χ2v) is 10.7. The number of nitrogens with one attached hydrogen (secondary N) is 3. The highest BCUT2D eigenvalue weighted by Gasteiger charge is 2.19. The number of aromatic amines is 1. The van der Waals surface area contributed by atoms with Crippen LogP contribution in [0, 0.1) is 0 Å². The van der Waals surface area contributed by atoms with Gasteiger partial charge in [-0.05, 0) is 55.3 Å². The smallest absolute Gasteiger partial charge is 0.227 e. The highest BCUT2D eigenvalue weighted by atomic mass is 35.5. The van der Waals surface area contributed by atoms with Crippen LogP contribution in [0.3, 0.4) is 0 Å². The monoisotopic (exact) mass is 540 g/mol. The van der Waals surface area contributed by atoms with Crippen molar-refractivity contribution in [2.24, 2.45) is 0 Å². The molecule has 1 unspecified atom stereocenters. The van der Waals surface area contributed by atoms with Gasteiger partial charge in [0.1, 0.15) is 0 Å². The number of anilines is 2. The molecule has 0 spiro atoms. The summed E-state index contributed by atoms with van der Waals surface area (Å²) in [6, 6.07) is 25.5. The average Bonchev–Trinajstić information content (AvgIpc) is 3.54. The van der Waals surface area contributed by atoms with Crippen LogP contribution in [0.1, 0.15) is 5.69 Å². The first-order chi connectivity index (χ1) is 18.6. The van der Waals surface area contributed by atoms with Crippen molar-refractivity contribution in [3.63, 3.8) is 0 Å². The Morgan fingerprint density at radius 1 is 1.03 bits per heavy atom. The minimum absolute atomic E-state index is 0.415. The van der Waals surface area contributed by atoms with Gasteiger partial charge >= 0.3 is 0 Å². The lowest BCUT2D eigenvalue weighted by molar-refractivity contribution is 0.678. The second kappa shape index (κ2) is 10.4. The Morgan fingerprint density at radius 3 is 2.68 bits per heavy atom. The topological polar surface area (TPSA) is 87.6 Å². The van der Waals surface area contributed by atoms with Gasteiger partial charge in [-0.2, -0.15) is 0 Å². The number of nitrogens with zero attached hydrogens (tertiary/aromatic N) is 3. The van der Waals surface area contributed by atoms with Gasteiger partial charge < -0.3 is 15.6 Å². The molecular weight excluding hydrogens is 516 g/mol. The number of rotatable bonds is 8. The Bertz CT molecular complexity index is 1780. The van der Waals surface area contributed by atoms with E-state index < -0.39 is 11.0 Å². The molecule has 9 heteroatoms. The van der Waals surface area contributed by atoms with Crippen LogP contribution >= 0.6 is 11.6 Å². The molecule has 3 aromatic carbocycles. The molecule has 0 amide bonds. The largest absolute Gasteiger partial charge is 0.358 e. The number of hydrogen-bond donors (Lipinski definition) is 3. The number of hydrogen-bond acceptors (Lipinski definition) is 5. The first-order valence-electron chi connectivity index (χ1n) is 12.2. The fraction of sp³-hybridized carbons (Fsp3) is 0.103. The number of para-hydroxylation sites is 1. The normalized spacial score (nSPS) is 12.3. The summed E-state index contributed by atoms with van der Waals surface area (Å²) in [6.45, 7) is 0.911. The van der Waals surface area contributed by atoms with E-state index >= 15 is 0 Å². The lowest BCUT2D eigenvalue weighted by Crippen LogP contribution is -2.10. The molecule has 0 aliphatic rings. The van der Waals surface area contributed by atoms with E-state index in [-0.39, 0.29) is 0 Å². The molecule has 1 atom stereocenters. The molecule has 0 radical (unpaired) electrons. The maximum absolute atomic E-state index is 13.5. The van der Waals surface area contributed by atoms with Crippen molar-refractivity contribution in [3.8, 4) is 11.3 Å². The van der Waals surface area contributed by atoms with Gasteiger partial charge in [0.25, 0.3) is 0 Å². The SMILES string of the molecule is CNCCc1cc2ccc(Nc3ncc(Cl)c(-c4cn(S(=O)c5ccccc5)c5ccccc45)n3)cc2[nH]1. The number of halogens is 1. The molecule has 6 aromatic rings. The Balaban J connectivity index is 1.36. The summed E-state index contributed by atoms with van der Waals surface area (Å²) in [5.74, 6) is 0.423. The number of aromatic nitrogens is 4. The Kier molecular flexibility index (Phi) is 6.68. The lowest BCUT2D eigenvalue weighted by Gasteiger charge is -2.08. The minimum atomic E-state index is -1.42. The second-order valence-electron chi connectivity index (χ2n) is 8.91. The zero-order valence-corrected chi connectivity index (χ0v) is 22.2. The van der Waals surface area contributed by atoms with Gasteiger partial charge in [-0.25, -0.2) is 14.2 Å². The zero-order valence-electron chi connectivity index (χ0n) is 20.6. The minimum Gasteiger partial charge on any atom is -0.358 e. The predicted molar refractivity (Wildman–Crippen MR) is 155 cm³/mol. The fourth-order valence-corrected chi connectivity index (χ4v) is 5.88. The molecule has 3 N–H and O–H groups in total. The third-order valence-electron chi connectivity index (χ3n) is 6.38. The van der Waals surface area contributed by atoms with Gasteiger partial charge in [-0.15, -0.1) is 0 Å². The molecule has 0 bridgehead atoms. The third kappa shape index (κ3) is 4.69.